The third-order valence-corrected chi connectivity index (χ3v) is 2.77. The largest absolute Gasteiger partial charge is 0.453 e. The Balaban J connectivity index is 2.24. The van der Waals surface area contributed by atoms with Crippen LogP contribution in [0, 0.1) is 0 Å². The maximum absolute atomic E-state index is 12.2. The second kappa shape index (κ2) is 3.59. The molecule has 0 saturated heterocycles. The first-order valence-electron chi connectivity index (χ1n) is 5.26. The van der Waals surface area contributed by atoms with Crippen molar-refractivity contribution in [2.75, 3.05) is 11.9 Å². The molecule has 0 spiro atoms. The number of benzene rings is 1. The number of carbonyl (C=O) groups is 1. The molecule has 1 aromatic carbocycles. The van der Waals surface area contributed by atoms with Crippen molar-refractivity contribution >= 4 is 11.6 Å². The van der Waals surface area contributed by atoms with Gasteiger partial charge >= 0.3 is 0 Å². The van der Waals surface area contributed by atoms with Gasteiger partial charge in [0.2, 0.25) is 0 Å². The van der Waals surface area contributed by atoms with Crippen LogP contribution in [0.25, 0.3) is 0 Å². The molecule has 0 unspecified atom stereocenters. The number of hydrogen-bond donors (Lipinski definition) is 0. The Morgan fingerprint density at radius 1 is 1.18 bits per heavy atom. The van der Waals surface area contributed by atoms with Gasteiger partial charge in [0.05, 0.1) is 17.4 Å². The van der Waals surface area contributed by atoms with Crippen LogP contribution in [-0.4, -0.2) is 17.9 Å². The third-order valence-electron chi connectivity index (χ3n) is 2.77. The zero-order chi connectivity index (χ0) is 11.8. The average molecular weight is 226 g/mol. The van der Waals surface area contributed by atoms with Crippen LogP contribution in [0.2, 0.25) is 0 Å². The number of nitrogens with zero attached hydrogens (tertiary/aromatic N) is 2. The molecule has 4 heteroatoms. The SMILES string of the molecule is CN1C(=O)c2ccccc2Oc2cnccc21. The molecule has 2 heterocycles. The number of amides is 1. The Morgan fingerprint density at radius 2 is 2.00 bits per heavy atom. The Bertz CT molecular complexity index is 595. The van der Waals surface area contributed by atoms with E-state index in [-0.39, 0.29) is 5.91 Å². The molecule has 0 aliphatic carbocycles. The van der Waals surface area contributed by atoms with E-state index in [2.05, 4.69) is 4.98 Å². The van der Waals surface area contributed by atoms with Crippen molar-refractivity contribution in [1.29, 1.82) is 0 Å². The van der Waals surface area contributed by atoms with Gasteiger partial charge in [-0.15, -0.1) is 0 Å². The Hall–Kier alpha value is -2.36. The molecule has 0 radical (unpaired) electrons. The smallest absolute Gasteiger partial charge is 0.261 e. The highest BCUT2D eigenvalue weighted by atomic mass is 16.5. The van der Waals surface area contributed by atoms with Crippen molar-refractivity contribution in [3.8, 4) is 11.5 Å². The number of pyridine rings is 1. The minimum atomic E-state index is -0.0782. The van der Waals surface area contributed by atoms with Crippen molar-refractivity contribution < 1.29 is 9.53 Å². The van der Waals surface area contributed by atoms with E-state index in [4.69, 9.17) is 4.74 Å². The quantitative estimate of drug-likeness (QED) is 0.693. The van der Waals surface area contributed by atoms with Crippen LogP contribution >= 0.6 is 0 Å². The minimum absolute atomic E-state index is 0.0782. The monoisotopic (exact) mass is 226 g/mol. The van der Waals surface area contributed by atoms with E-state index in [9.17, 15) is 4.79 Å². The van der Waals surface area contributed by atoms with Crippen LogP contribution in [0.15, 0.2) is 42.7 Å². The summed E-state index contributed by atoms with van der Waals surface area (Å²) in [5.74, 6) is 1.08. The highest BCUT2D eigenvalue weighted by Crippen LogP contribution is 2.36. The summed E-state index contributed by atoms with van der Waals surface area (Å²) in [4.78, 5) is 17.8. The Kier molecular flexibility index (Phi) is 2.08. The number of anilines is 1. The molecule has 17 heavy (non-hydrogen) atoms. The molecular weight excluding hydrogens is 216 g/mol. The molecule has 1 aromatic heterocycles. The van der Waals surface area contributed by atoms with Gasteiger partial charge in [0.15, 0.2) is 5.75 Å². The van der Waals surface area contributed by atoms with Crippen LogP contribution in [-0.2, 0) is 0 Å². The molecule has 0 fully saturated rings. The molecule has 0 N–H and O–H groups in total. The number of para-hydroxylation sites is 1. The van der Waals surface area contributed by atoms with E-state index in [1.54, 1.807) is 42.5 Å². The van der Waals surface area contributed by atoms with Crippen molar-refractivity contribution in [2.45, 2.75) is 0 Å². The standard InChI is InChI=1S/C13H10N2O2/c1-15-10-6-7-14-8-12(10)17-11-5-3-2-4-9(11)13(15)16/h2-8H,1H3. The van der Waals surface area contributed by atoms with Crippen LogP contribution in [0.5, 0.6) is 11.5 Å². The molecule has 0 saturated carbocycles. The lowest BCUT2D eigenvalue weighted by Crippen LogP contribution is -2.25. The Morgan fingerprint density at radius 3 is 2.88 bits per heavy atom. The van der Waals surface area contributed by atoms with E-state index in [1.807, 2.05) is 12.1 Å². The summed E-state index contributed by atoms with van der Waals surface area (Å²) in [5, 5.41) is 0. The normalized spacial score (nSPS) is 13.5. The van der Waals surface area contributed by atoms with Crippen LogP contribution in [0.3, 0.4) is 0 Å². The molecule has 4 nitrogen and oxygen atoms in total. The van der Waals surface area contributed by atoms with Crippen molar-refractivity contribution in [3.05, 3.63) is 48.3 Å². The lowest BCUT2D eigenvalue weighted by atomic mass is 10.2. The van der Waals surface area contributed by atoms with Crippen molar-refractivity contribution in [3.63, 3.8) is 0 Å². The summed E-state index contributed by atoms with van der Waals surface area (Å²) in [6.07, 6.45) is 3.25. The summed E-state index contributed by atoms with van der Waals surface area (Å²) in [6.45, 7) is 0. The van der Waals surface area contributed by atoms with Gasteiger partial charge in [0.1, 0.15) is 5.75 Å². The summed E-state index contributed by atoms with van der Waals surface area (Å²) in [5.41, 5.74) is 1.28. The molecule has 0 bridgehead atoms. The lowest BCUT2D eigenvalue weighted by Gasteiger charge is -2.15. The van der Waals surface area contributed by atoms with Crippen molar-refractivity contribution in [2.24, 2.45) is 0 Å². The number of carbonyl (C=O) groups excluding carboxylic acids is 1. The average Bonchev–Trinajstić information content (AvgIpc) is 2.48. The number of fused-ring (bicyclic) bond motifs is 2. The van der Waals surface area contributed by atoms with Gasteiger partial charge in [0, 0.05) is 13.2 Å². The highest BCUT2D eigenvalue weighted by Gasteiger charge is 2.24. The van der Waals surface area contributed by atoms with Crippen LogP contribution in [0.4, 0.5) is 5.69 Å². The zero-order valence-electron chi connectivity index (χ0n) is 9.25. The van der Waals surface area contributed by atoms with Gasteiger partial charge in [0.25, 0.3) is 5.91 Å². The van der Waals surface area contributed by atoms with Gasteiger partial charge in [-0.3, -0.25) is 9.78 Å². The van der Waals surface area contributed by atoms with E-state index in [0.29, 0.717) is 17.1 Å². The van der Waals surface area contributed by atoms with E-state index in [1.165, 1.54) is 0 Å². The minimum Gasteiger partial charge on any atom is -0.453 e. The summed E-state index contributed by atoms with van der Waals surface area (Å²) < 4.78 is 5.72. The number of hydrogen-bond acceptors (Lipinski definition) is 3. The van der Waals surface area contributed by atoms with Gasteiger partial charge < -0.3 is 9.64 Å². The predicted molar refractivity (Wildman–Crippen MR) is 63.5 cm³/mol. The second-order valence-electron chi connectivity index (χ2n) is 3.81. The molecule has 0 atom stereocenters. The maximum Gasteiger partial charge on any atom is 0.261 e. The van der Waals surface area contributed by atoms with E-state index >= 15 is 0 Å². The first-order valence-corrected chi connectivity index (χ1v) is 5.26. The highest BCUT2D eigenvalue weighted by molar-refractivity contribution is 6.09. The molecule has 84 valence electrons. The van der Waals surface area contributed by atoms with Crippen LogP contribution in [0.1, 0.15) is 10.4 Å². The molecule has 1 aliphatic heterocycles. The second-order valence-corrected chi connectivity index (χ2v) is 3.81. The number of aromatic nitrogens is 1. The topological polar surface area (TPSA) is 42.4 Å². The first kappa shape index (κ1) is 9.84. The molecular formula is C13H10N2O2. The van der Waals surface area contributed by atoms with Crippen LogP contribution < -0.4 is 9.64 Å². The van der Waals surface area contributed by atoms with Gasteiger partial charge in [-0.1, -0.05) is 12.1 Å². The number of rotatable bonds is 0. The zero-order valence-corrected chi connectivity index (χ0v) is 9.25. The van der Waals surface area contributed by atoms with Gasteiger partial charge in [-0.2, -0.15) is 0 Å². The number of ether oxygens (including phenoxy) is 1. The summed E-state index contributed by atoms with van der Waals surface area (Å²) >= 11 is 0. The third kappa shape index (κ3) is 1.45. The fraction of sp³-hybridized carbons (Fsp3) is 0.0769. The fourth-order valence-electron chi connectivity index (χ4n) is 1.87. The predicted octanol–water partition coefficient (Wildman–Crippen LogP) is 2.46. The van der Waals surface area contributed by atoms with Gasteiger partial charge in [-0.05, 0) is 18.2 Å². The molecule has 3 rings (SSSR count). The fourth-order valence-corrected chi connectivity index (χ4v) is 1.87. The lowest BCUT2D eigenvalue weighted by molar-refractivity contribution is 0.0993. The van der Waals surface area contributed by atoms with E-state index in [0.717, 1.165) is 5.69 Å². The maximum atomic E-state index is 12.2. The van der Waals surface area contributed by atoms with Crippen molar-refractivity contribution in [1.82, 2.24) is 4.98 Å². The first-order chi connectivity index (χ1) is 8.27. The summed E-state index contributed by atoms with van der Waals surface area (Å²) in [6, 6.07) is 8.96. The summed E-state index contributed by atoms with van der Waals surface area (Å²) in [7, 11) is 1.73. The molecule has 1 aliphatic rings. The van der Waals surface area contributed by atoms with E-state index < -0.39 is 0 Å². The molecule has 1 amide bonds. The molecule has 2 aromatic rings. The Labute approximate surface area is 98.5 Å². The van der Waals surface area contributed by atoms with Gasteiger partial charge in [-0.25, -0.2) is 0 Å².